The molecule has 28 heavy (non-hydrogen) atoms. The third kappa shape index (κ3) is 3.11. The van der Waals surface area contributed by atoms with Gasteiger partial charge in [0.15, 0.2) is 5.78 Å². The van der Waals surface area contributed by atoms with Gasteiger partial charge in [-0.05, 0) is 17.7 Å². The molecule has 1 aliphatic heterocycles. The number of esters is 1. The molecular formula is C21H18N2O5. The van der Waals surface area contributed by atoms with Crippen LogP contribution in [0.2, 0.25) is 0 Å². The number of benzene rings is 2. The Kier molecular flexibility index (Phi) is 4.57. The topological polar surface area (TPSA) is 88.7 Å². The van der Waals surface area contributed by atoms with Gasteiger partial charge in [-0.25, -0.2) is 9.59 Å². The number of H-pyrrole nitrogens is 1. The molecule has 0 unspecified atom stereocenters. The molecule has 0 saturated heterocycles. The Morgan fingerprint density at radius 1 is 1.07 bits per heavy atom. The molecule has 0 aliphatic carbocycles. The molecule has 1 amide bonds. The van der Waals surface area contributed by atoms with Gasteiger partial charge in [-0.1, -0.05) is 36.4 Å². The average Bonchev–Trinajstić information content (AvgIpc) is 3.11. The van der Waals surface area contributed by atoms with E-state index < -0.39 is 12.1 Å². The molecule has 142 valence electrons. The van der Waals surface area contributed by atoms with Crippen LogP contribution in [-0.4, -0.2) is 41.4 Å². The summed E-state index contributed by atoms with van der Waals surface area (Å²) in [6.07, 6.45) is -0.560. The molecule has 0 fully saturated rings. The van der Waals surface area contributed by atoms with E-state index >= 15 is 0 Å². The van der Waals surface area contributed by atoms with E-state index in [0.717, 1.165) is 5.56 Å². The molecular weight excluding hydrogens is 360 g/mol. The number of nitrogens with one attached hydrogen (secondary N) is 1. The molecule has 0 atom stereocenters. The number of Topliss-reactive ketones (excluding diaryl/α,β-unsaturated/α-hetero) is 1. The van der Waals surface area contributed by atoms with E-state index in [0.29, 0.717) is 27.7 Å². The van der Waals surface area contributed by atoms with Crippen LogP contribution in [-0.2, 0) is 22.6 Å². The molecule has 1 aliphatic rings. The Labute approximate surface area is 160 Å². The van der Waals surface area contributed by atoms with E-state index in [-0.39, 0.29) is 25.5 Å². The summed E-state index contributed by atoms with van der Waals surface area (Å²) in [6, 6.07) is 14.5. The van der Waals surface area contributed by atoms with E-state index in [1.54, 1.807) is 18.2 Å². The number of nitrogens with zero attached hydrogens (tertiary/aromatic N) is 1. The van der Waals surface area contributed by atoms with Crippen molar-refractivity contribution < 1.29 is 23.9 Å². The van der Waals surface area contributed by atoms with Crippen LogP contribution in [0.25, 0.3) is 10.9 Å². The fraction of sp³-hybridized carbons (Fsp3) is 0.190. The summed E-state index contributed by atoms with van der Waals surface area (Å²) >= 11 is 0. The summed E-state index contributed by atoms with van der Waals surface area (Å²) in [6.45, 7) is 0.226. The summed E-state index contributed by atoms with van der Waals surface area (Å²) in [7, 11) is 1.30. The Bertz CT molecular complexity index is 1070. The number of carbonyl (C=O) groups excluding carboxylic acids is 3. The van der Waals surface area contributed by atoms with Gasteiger partial charge in [-0.2, -0.15) is 0 Å². The van der Waals surface area contributed by atoms with Crippen LogP contribution in [0, 0.1) is 0 Å². The van der Waals surface area contributed by atoms with Crippen molar-refractivity contribution in [3.05, 3.63) is 70.9 Å². The number of aromatic nitrogens is 1. The molecule has 7 heteroatoms. The summed E-state index contributed by atoms with van der Waals surface area (Å²) in [5.41, 5.74) is 2.86. The number of ether oxygens (including phenoxy) is 2. The van der Waals surface area contributed by atoms with Crippen LogP contribution in [0.4, 0.5) is 4.79 Å². The second kappa shape index (κ2) is 7.19. The number of hydrogen-bond acceptors (Lipinski definition) is 5. The Balaban J connectivity index is 1.59. The Hall–Kier alpha value is -3.61. The van der Waals surface area contributed by atoms with Gasteiger partial charge in [0.25, 0.3) is 0 Å². The second-order valence-corrected chi connectivity index (χ2v) is 6.52. The molecule has 0 bridgehead atoms. The maximum Gasteiger partial charge on any atom is 0.410 e. The highest BCUT2D eigenvalue weighted by Crippen LogP contribution is 2.31. The minimum Gasteiger partial charge on any atom is -0.465 e. The van der Waals surface area contributed by atoms with E-state index in [9.17, 15) is 14.4 Å². The van der Waals surface area contributed by atoms with Crippen molar-refractivity contribution in [1.82, 2.24) is 9.88 Å². The van der Waals surface area contributed by atoms with Crippen LogP contribution in [0.3, 0.4) is 0 Å². The predicted molar refractivity (Wildman–Crippen MR) is 101 cm³/mol. The lowest BCUT2D eigenvalue weighted by Crippen LogP contribution is -2.39. The van der Waals surface area contributed by atoms with Gasteiger partial charge in [0.2, 0.25) is 0 Å². The Morgan fingerprint density at radius 2 is 1.86 bits per heavy atom. The third-order valence-electron chi connectivity index (χ3n) is 4.73. The fourth-order valence-electron chi connectivity index (χ4n) is 3.45. The van der Waals surface area contributed by atoms with E-state index in [2.05, 4.69) is 4.98 Å². The van der Waals surface area contributed by atoms with Crippen molar-refractivity contribution in [2.75, 3.05) is 13.7 Å². The lowest BCUT2D eigenvalue weighted by Gasteiger charge is -2.25. The second-order valence-electron chi connectivity index (χ2n) is 6.52. The molecule has 3 aromatic rings. The van der Waals surface area contributed by atoms with Crippen LogP contribution >= 0.6 is 0 Å². The highest BCUT2D eigenvalue weighted by molar-refractivity contribution is 6.17. The standard InChI is InChI=1S/C21H18N2O5/c1-27-20(25)14-8-5-9-15-18(14)19-16(22-15)10-23(11-17(19)24)21(26)28-12-13-6-3-2-4-7-13/h2-9,22H,10-12H2,1H3. The summed E-state index contributed by atoms with van der Waals surface area (Å²) < 4.78 is 10.2. The number of rotatable bonds is 3. The van der Waals surface area contributed by atoms with Crippen molar-refractivity contribution in [2.24, 2.45) is 0 Å². The van der Waals surface area contributed by atoms with Gasteiger partial charge < -0.3 is 14.5 Å². The largest absolute Gasteiger partial charge is 0.465 e. The zero-order valence-corrected chi connectivity index (χ0v) is 15.2. The SMILES string of the molecule is COC(=O)c1cccc2[nH]c3c(c12)C(=O)CN(C(=O)OCc1ccccc1)C3. The minimum absolute atomic E-state index is 0.108. The number of aromatic amines is 1. The molecule has 4 rings (SSSR count). The molecule has 2 aromatic carbocycles. The number of fused-ring (bicyclic) bond motifs is 3. The third-order valence-corrected chi connectivity index (χ3v) is 4.73. The normalized spacial score (nSPS) is 13.3. The highest BCUT2D eigenvalue weighted by atomic mass is 16.6. The van der Waals surface area contributed by atoms with Crippen molar-refractivity contribution in [2.45, 2.75) is 13.2 Å². The monoisotopic (exact) mass is 378 g/mol. The molecule has 2 heterocycles. The van der Waals surface area contributed by atoms with Crippen LogP contribution in [0.5, 0.6) is 0 Å². The molecule has 1 N–H and O–H groups in total. The predicted octanol–water partition coefficient (Wildman–Crippen LogP) is 3.29. The van der Waals surface area contributed by atoms with E-state index in [4.69, 9.17) is 9.47 Å². The van der Waals surface area contributed by atoms with Crippen molar-refractivity contribution in [3.63, 3.8) is 0 Å². The number of ketones is 1. The van der Waals surface area contributed by atoms with Gasteiger partial charge in [0.1, 0.15) is 6.61 Å². The molecule has 1 aromatic heterocycles. The van der Waals surface area contributed by atoms with Gasteiger partial charge in [-0.15, -0.1) is 0 Å². The first-order valence-corrected chi connectivity index (χ1v) is 8.79. The molecule has 0 radical (unpaired) electrons. The van der Waals surface area contributed by atoms with E-state index in [1.165, 1.54) is 12.0 Å². The molecule has 0 saturated carbocycles. The van der Waals surface area contributed by atoms with Gasteiger partial charge >= 0.3 is 12.1 Å². The zero-order chi connectivity index (χ0) is 19.7. The maximum atomic E-state index is 12.8. The fourth-order valence-corrected chi connectivity index (χ4v) is 3.45. The smallest absolute Gasteiger partial charge is 0.410 e. The molecule has 7 nitrogen and oxygen atoms in total. The van der Waals surface area contributed by atoms with Crippen LogP contribution in [0.1, 0.15) is 32.0 Å². The quantitative estimate of drug-likeness (QED) is 0.707. The van der Waals surface area contributed by atoms with Gasteiger partial charge in [0, 0.05) is 16.6 Å². The maximum absolute atomic E-state index is 12.8. The summed E-state index contributed by atoms with van der Waals surface area (Å²) in [5.74, 6) is -0.759. The van der Waals surface area contributed by atoms with Crippen LogP contribution in [0.15, 0.2) is 48.5 Å². The zero-order valence-electron chi connectivity index (χ0n) is 15.2. The first kappa shape index (κ1) is 17.8. The molecule has 0 spiro atoms. The van der Waals surface area contributed by atoms with Crippen molar-refractivity contribution >= 4 is 28.7 Å². The average molecular weight is 378 g/mol. The van der Waals surface area contributed by atoms with E-state index in [1.807, 2.05) is 30.3 Å². The summed E-state index contributed by atoms with van der Waals surface area (Å²) in [4.78, 5) is 41.8. The van der Waals surface area contributed by atoms with Crippen LogP contribution < -0.4 is 0 Å². The Morgan fingerprint density at radius 3 is 2.61 bits per heavy atom. The van der Waals surface area contributed by atoms with Gasteiger partial charge in [-0.3, -0.25) is 9.69 Å². The van der Waals surface area contributed by atoms with Gasteiger partial charge in [0.05, 0.1) is 31.3 Å². The first-order chi connectivity index (χ1) is 13.6. The number of carbonyl (C=O) groups is 3. The first-order valence-electron chi connectivity index (χ1n) is 8.79. The number of hydrogen-bond donors (Lipinski definition) is 1. The lowest BCUT2D eigenvalue weighted by atomic mass is 9.99. The lowest BCUT2D eigenvalue weighted by molar-refractivity contribution is 0.0602. The summed E-state index contributed by atoms with van der Waals surface area (Å²) in [5, 5.41) is 0.534. The number of amides is 1. The number of methoxy groups -OCH3 is 1. The van der Waals surface area contributed by atoms with Crippen molar-refractivity contribution in [3.8, 4) is 0 Å². The highest BCUT2D eigenvalue weighted by Gasteiger charge is 2.32. The van der Waals surface area contributed by atoms with Crippen molar-refractivity contribution in [1.29, 1.82) is 0 Å². The minimum atomic E-state index is -0.560.